The number of rotatable bonds is 9. The van der Waals surface area contributed by atoms with Crippen LogP contribution in [0.1, 0.15) is 52.4 Å². The van der Waals surface area contributed by atoms with Crippen molar-refractivity contribution in [2.24, 2.45) is 0 Å². The van der Waals surface area contributed by atoms with Gasteiger partial charge in [0.15, 0.2) is 0 Å². The van der Waals surface area contributed by atoms with Crippen LogP contribution in [-0.4, -0.2) is 24.4 Å². The lowest BCUT2D eigenvalue weighted by molar-refractivity contribution is 0.0607. The fraction of sp³-hybridized carbons (Fsp3) is 1.00. The molecule has 0 fully saturated rings. The van der Waals surface area contributed by atoms with E-state index < -0.39 is 0 Å². The van der Waals surface area contributed by atoms with Crippen molar-refractivity contribution < 1.29 is 9.84 Å². The minimum atomic E-state index is 0.337. The van der Waals surface area contributed by atoms with Crippen LogP contribution in [0.4, 0.5) is 0 Å². The zero-order chi connectivity index (χ0) is 9.94. The topological polar surface area (TPSA) is 29.5 Å². The molecule has 0 spiro atoms. The monoisotopic (exact) mass is 188 g/mol. The minimum Gasteiger partial charge on any atom is -0.396 e. The van der Waals surface area contributed by atoms with Gasteiger partial charge in [-0.25, -0.2) is 0 Å². The first-order valence-electron chi connectivity index (χ1n) is 5.53. The van der Waals surface area contributed by atoms with Crippen molar-refractivity contribution >= 4 is 0 Å². The van der Waals surface area contributed by atoms with Crippen LogP contribution in [0.25, 0.3) is 0 Å². The van der Waals surface area contributed by atoms with E-state index in [1.165, 1.54) is 12.8 Å². The molecule has 0 rings (SSSR count). The van der Waals surface area contributed by atoms with Crippen LogP contribution in [0.3, 0.4) is 0 Å². The van der Waals surface area contributed by atoms with Crippen LogP contribution in [0.5, 0.6) is 0 Å². The van der Waals surface area contributed by atoms with Crippen molar-refractivity contribution in [1.82, 2.24) is 0 Å². The highest BCUT2D eigenvalue weighted by molar-refractivity contribution is 4.46. The summed E-state index contributed by atoms with van der Waals surface area (Å²) >= 11 is 0. The predicted octanol–water partition coefficient (Wildman–Crippen LogP) is 2.74. The van der Waals surface area contributed by atoms with Gasteiger partial charge in [0.25, 0.3) is 0 Å². The third-order valence-corrected chi connectivity index (χ3v) is 2.28. The molecule has 13 heavy (non-hydrogen) atoms. The predicted molar refractivity (Wildman–Crippen MR) is 55.9 cm³/mol. The average molecular weight is 188 g/mol. The summed E-state index contributed by atoms with van der Waals surface area (Å²) in [5.41, 5.74) is 0. The zero-order valence-corrected chi connectivity index (χ0v) is 9.09. The molecule has 2 heteroatoms. The van der Waals surface area contributed by atoms with E-state index in [9.17, 15) is 0 Å². The van der Waals surface area contributed by atoms with Gasteiger partial charge in [0.05, 0.1) is 6.10 Å². The lowest BCUT2D eigenvalue weighted by atomic mass is 10.1. The summed E-state index contributed by atoms with van der Waals surface area (Å²) in [4.78, 5) is 0. The van der Waals surface area contributed by atoms with Crippen LogP contribution >= 0.6 is 0 Å². The van der Waals surface area contributed by atoms with Gasteiger partial charge in [-0.1, -0.05) is 26.2 Å². The van der Waals surface area contributed by atoms with E-state index in [1.54, 1.807) is 0 Å². The van der Waals surface area contributed by atoms with Gasteiger partial charge >= 0.3 is 0 Å². The van der Waals surface area contributed by atoms with Crippen LogP contribution < -0.4 is 0 Å². The highest BCUT2D eigenvalue weighted by Crippen LogP contribution is 2.04. The largest absolute Gasteiger partial charge is 0.396 e. The average Bonchev–Trinajstić information content (AvgIpc) is 2.16. The van der Waals surface area contributed by atoms with Gasteiger partial charge < -0.3 is 9.84 Å². The quantitative estimate of drug-likeness (QED) is 0.564. The maximum atomic E-state index is 8.55. The maximum absolute atomic E-state index is 8.55. The highest BCUT2D eigenvalue weighted by atomic mass is 16.5. The first kappa shape index (κ1) is 12.9. The summed E-state index contributed by atoms with van der Waals surface area (Å²) in [7, 11) is 0. The molecule has 2 nitrogen and oxygen atoms in total. The third-order valence-electron chi connectivity index (χ3n) is 2.28. The lowest BCUT2D eigenvalue weighted by Crippen LogP contribution is -2.07. The summed E-state index contributed by atoms with van der Waals surface area (Å²) in [6, 6.07) is 0. The number of aliphatic hydroxyl groups is 1. The van der Waals surface area contributed by atoms with Crippen molar-refractivity contribution in [3.63, 3.8) is 0 Å². The Hall–Kier alpha value is -0.0800. The fourth-order valence-corrected chi connectivity index (χ4v) is 1.15. The molecular formula is C11H24O2. The van der Waals surface area contributed by atoms with Gasteiger partial charge in [0, 0.05) is 13.2 Å². The van der Waals surface area contributed by atoms with Crippen molar-refractivity contribution in [2.45, 2.75) is 58.5 Å². The van der Waals surface area contributed by atoms with Crippen molar-refractivity contribution in [3.05, 3.63) is 0 Å². The summed E-state index contributed by atoms with van der Waals surface area (Å²) in [5.74, 6) is 0. The highest BCUT2D eigenvalue weighted by Gasteiger charge is 1.96. The van der Waals surface area contributed by atoms with Crippen LogP contribution in [0.15, 0.2) is 0 Å². The number of ether oxygens (including phenoxy) is 1. The van der Waals surface area contributed by atoms with Gasteiger partial charge in [0.2, 0.25) is 0 Å². The Kier molecular flexibility index (Phi) is 9.94. The molecular weight excluding hydrogens is 164 g/mol. The molecule has 1 atom stereocenters. The van der Waals surface area contributed by atoms with Crippen molar-refractivity contribution in [2.75, 3.05) is 13.2 Å². The first-order chi connectivity index (χ1) is 6.31. The Morgan fingerprint density at radius 2 is 1.69 bits per heavy atom. The molecule has 80 valence electrons. The molecule has 0 aliphatic rings. The fourth-order valence-electron chi connectivity index (χ4n) is 1.15. The number of aliphatic hydroxyl groups excluding tert-OH is 1. The number of hydrogen-bond acceptors (Lipinski definition) is 2. The number of hydrogen-bond donors (Lipinski definition) is 1. The Morgan fingerprint density at radius 3 is 2.31 bits per heavy atom. The first-order valence-corrected chi connectivity index (χ1v) is 5.53. The molecule has 0 amide bonds. The molecule has 0 aromatic heterocycles. The van der Waals surface area contributed by atoms with Crippen LogP contribution in [0, 0.1) is 0 Å². The summed E-state index contributed by atoms with van der Waals surface area (Å²) in [5, 5.41) is 8.55. The standard InChI is InChI=1S/C11H24O2/c1-3-11(2)13-10-8-6-4-5-7-9-12/h11-12H,3-10H2,1-2H3. The van der Waals surface area contributed by atoms with E-state index in [-0.39, 0.29) is 0 Å². The summed E-state index contributed by atoms with van der Waals surface area (Å²) in [6.07, 6.45) is 7.24. The van der Waals surface area contributed by atoms with Gasteiger partial charge in [-0.3, -0.25) is 0 Å². The van der Waals surface area contributed by atoms with Gasteiger partial charge in [-0.15, -0.1) is 0 Å². The molecule has 0 aromatic rings. The molecule has 0 aromatic carbocycles. The van der Waals surface area contributed by atoms with Crippen LogP contribution in [0.2, 0.25) is 0 Å². The van der Waals surface area contributed by atoms with E-state index in [2.05, 4.69) is 13.8 Å². The van der Waals surface area contributed by atoms with Crippen molar-refractivity contribution in [1.29, 1.82) is 0 Å². The van der Waals surface area contributed by atoms with E-state index >= 15 is 0 Å². The third kappa shape index (κ3) is 9.84. The van der Waals surface area contributed by atoms with Gasteiger partial charge in [-0.2, -0.15) is 0 Å². The van der Waals surface area contributed by atoms with Gasteiger partial charge in [-0.05, 0) is 26.2 Å². The number of unbranched alkanes of at least 4 members (excludes halogenated alkanes) is 4. The van der Waals surface area contributed by atoms with Crippen LogP contribution in [-0.2, 0) is 4.74 Å². The molecule has 0 heterocycles. The second-order valence-corrected chi connectivity index (χ2v) is 3.58. The second kappa shape index (κ2) is 10.0. The summed E-state index contributed by atoms with van der Waals surface area (Å²) in [6.45, 7) is 5.50. The maximum Gasteiger partial charge on any atom is 0.0544 e. The summed E-state index contributed by atoms with van der Waals surface area (Å²) < 4.78 is 5.55. The van der Waals surface area contributed by atoms with E-state index in [0.29, 0.717) is 12.7 Å². The molecule has 0 saturated carbocycles. The smallest absolute Gasteiger partial charge is 0.0544 e. The molecule has 0 saturated heterocycles. The Bertz CT molecular complexity index is 94.1. The van der Waals surface area contributed by atoms with E-state index in [1.807, 2.05) is 0 Å². The second-order valence-electron chi connectivity index (χ2n) is 3.58. The molecule has 0 radical (unpaired) electrons. The SMILES string of the molecule is CCC(C)OCCCCCCCO. The normalized spacial score (nSPS) is 13.2. The molecule has 0 bridgehead atoms. The lowest BCUT2D eigenvalue weighted by Gasteiger charge is -2.09. The van der Waals surface area contributed by atoms with Crippen molar-refractivity contribution in [3.8, 4) is 0 Å². The zero-order valence-electron chi connectivity index (χ0n) is 9.09. The Balaban J connectivity index is 2.91. The molecule has 0 aliphatic heterocycles. The Labute approximate surface area is 82.3 Å². The molecule has 1 unspecified atom stereocenters. The molecule has 1 N–H and O–H groups in total. The van der Waals surface area contributed by atoms with E-state index in [4.69, 9.17) is 9.84 Å². The van der Waals surface area contributed by atoms with E-state index in [0.717, 1.165) is 32.3 Å². The molecule has 0 aliphatic carbocycles. The minimum absolute atomic E-state index is 0.337. The van der Waals surface area contributed by atoms with Gasteiger partial charge in [0.1, 0.15) is 0 Å². The Morgan fingerprint density at radius 1 is 1.08 bits per heavy atom.